The van der Waals surface area contributed by atoms with E-state index >= 15 is 0 Å². The van der Waals surface area contributed by atoms with E-state index in [9.17, 15) is 47.1 Å². The number of phenolic OH excluding ortho intramolecular Hbond substituents is 1. The third-order valence-electron chi connectivity index (χ3n) is 10.2. The summed E-state index contributed by atoms with van der Waals surface area (Å²) < 4.78 is 28.7. The van der Waals surface area contributed by atoms with Crippen LogP contribution in [0.25, 0.3) is 0 Å². The molecule has 60 heavy (non-hydrogen) atoms. The highest BCUT2D eigenvalue weighted by atomic mass is 35.5. The molecule has 1 aromatic heterocycles. The number of hydrogen-bond donors (Lipinski definition) is 6. The highest BCUT2D eigenvalue weighted by Gasteiger charge is 2.41. The van der Waals surface area contributed by atoms with Gasteiger partial charge < -0.3 is 26.8 Å². The number of aromatic hydroxyl groups is 1. The number of carbonyl (C=O) groups is 7. The number of rotatable bonds is 20. The summed E-state index contributed by atoms with van der Waals surface area (Å²) in [4.78, 5) is 101. The number of carbonyl (C=O) groups excluding carboxylic acids is 7. The zero-order valence-corrected chi connectivity index (χ0v) is 36.5. The summed E-state index contributed by atoms with van der Waals surface area (Å²) in [6.45, 7) is 7.23. The summed E-state index contributed by atoms with van der Waals surface area (Å²) in [7, 11) is -5.27. The van der Waals surface area contributed by atoms with Crippen LogP contribution in [0.1, 0.15) is 103 Å². The van der Waals surface area contributed by atoms with Crippen LogP contribution in [0.15, 0.2) is 35.6 Å². The van der Waals surface area contributed by atoms with Crippen molar-refractivity contribution in [2.24, 2.45) is 23.5 Å². The molecule has 1 fully saturated rings. The number of imide groups is 1. The predicted molar refractivity (Wildman–Crippen MR) is 221 cm³/mol. The van der Waals surface area contributed by atoms with E-state index in [-0.39, 0.29) is 46.1 Å². The Bertz CT molecular complexity index is 2000. The first-order valence-corrected chi connectivity index (χ1v) is 22.0. The lowest BCUT2D eigenvalue weighted by atomic mass is 9.84. The molecule has 0 aliphatic heterocycles. The van der Waals surface area contributed by atoms with Crippen molar-refractivity contribution in [1.82, 2.24) is 35.5 Å². The number of Topliss-reactive ketones (excluding diaryl/α,β-unsaturated/α-hetero) is 1. The molecule has 18 nitrogen and oxygen atoms in total. The summed E-state index contributed by atoms with van der Waals surface area (Å²) in [6, 6.07) is -3.53. The molecule has 0 spiro atoms. The summed E-state index contributed by atoms with van der Waals surface area (Å²) in [5.74, 6) is -9.49. The minimum absolute atomic E-state index is 0.0404. The number of benzene rings is 1. The van der Waals surface area contributed by atoms with Crippen molar-refractivity contribution in [2.75, 3.05) is 6.54 Å². The second-order valence-corrected chi connectivity index (χ2v) is 17.9. The maximum Gasteiger partial charge on any atom is 0.295 e. The fourth-order valence-electron chi connectivity index (χ4n) is 6.57. The van der Waals surface area contributed by atoms with Crippen molar-refractivity contribution < 1.29 is 47.1 Å². The second-order valence-electron chi connectivity index (χ2n) is 15.3. The molecule has 7 N–H and O–H groups in total. The Morgan fingerprint density at radius 2 is 1.58 bits per heavy atom. The van der Waals surface area contributed by atoms with Crippen LogP contribution in [0, 0.1) is 17.8 Å². The van der Waals surface area contributed by atoms with E-state index in [2.05, 4.69) is 25.9 Å². The number of aromatic nitrogens is 2. The van der Waals surface area contributed by atoms with Gasteiger partial charge in [0.05, 0.1) is 17.3 Å². The van der Waals surface area contributed by atoms with Gasteiger partial charge in [0, 0.05) is 17.4 Å². The Hall–Kier alpha value is -4.72. The van der Waals surface area contributed by atoms with Gasteiger partial charge in [0.15, 0.2) is 5.75 Å². The SMILES string of the molecule is CCC(N)C(=O)C(=O)NC(=O)CN(C(=O)[C@H](CC1CCCCC1)NC(=O)[C@@H](NC(=O)[C@H](CC(C)C)NC(=O)c1cnccn1)[C@@H](C)CC)S(=O)(=O)c1cc(Cl)cc(Cl)c1O. The lowest BCUT2D eigenvalue weighted by molar-refractivity contribution is -0.142. The second kappa shape index (κ2) is 22.8. The zero-order valence-electron chi connectivity index (χ0n) is 34.2. The van der Waals surface area contributed by atoms with Crippen molar-refractivity contribution >= 4 is 74.5 Å². The maximum atomic E-state index is 14.7. The van der Waals surface area contributed by atoms with E-state index in [4.69, 9.17) is 28.9 Å². The van der Waals surface area contributed by atoms with E-state index in [0.29, 0.717) is 19.3 Å². The number of hydrogen-bond acceptors (Lipinski definition) is 13. The zero-order chi connectivity index (χ0) is 44.9. The molecule has 1 unspecified atom stereocenters. The Morgan fingerprint density at radius 3 is 2.17 bits per heavy atom. The van der Waals surface area contributed by atoms with Gasteiger partial charge in [-0.15, -0.1) is 0 Å². The van der Waals surface area contributed by atoms with Crippen LogP contribution in [0.2, 0.25) is 10.0 Å². The average Bonchev–Trinajstić information content (AvgIpc) is 3.21. The molecule has 3 rings (SSSR count). The van der Waals surface area contributed by atoms with Crippen molar-refractivity contribution in [2.45, 2.75) is 121 Å². The first kappa shape index (κ1) is 49.6. The highest BCUT2D eigenvalue weighted by molar-refractivity contribution is 7.89. The number of sulfonamides is 1. The van der Waals surface area contributed by atoms with Crippen LogP contribution < -0.4 is 27.0 Å². The van der Waals surface area contributed by atoms with E-state index in [1.54, 1.807) is 19.2 Å². The van der Waals surface area contributed by atoms with Crippen LogP contribution >= 0.6 is 23.2 Å². The number of nitrogens with zero attached hydrogens (tertiary/aromatic N) is 3. The van der Waals surface area contributed by atoms with Crippen LogP contribution in [-0.2, 0) is 38.8 Å². The van der Waals surface area contributed by atoms with Crippen molar-refractivity contribution in [3.63, 3.8) is 0 Å². The van der Waals surface area contributed by atoms with E-state index in [1.807, 2.05) is 13.8 Å². The molecule has 1 saturated carbocycles. The van der Waals surface area contributed by atoms with Crippen LogP contribution in [0.5, 0.6) is 5.75 Å². The van der Waals surface area contributed by atoms with Gasteiger partial charge >= 0.3 is 0 Å². The summed E-state index contributed by atoms with van der Waals surface area (Å²) in [5, 5.41) is 19.8. The van der Waals surface area contributed by atoms with Crippen LogP contribution in [-0.4, -0.2) is 99.7 Å². The molecule has 0 radical (unpaired) electrons. The first-order valence-electron chi connectivity index (χ1n) is 19.8. The van der Waals surface area contributed by atoms with Gasteiger partial charge in [-0.3, -0.25) is 43.9 Å². The van der Waals surface area contributed by atoms with Crippen LogP contribution in [0.3, 0.4) is 0 Å². The molecule has 330 valence electrons. The minimum Gasteiger partial charge on any atom is -0.505 e. The Labute approximate surface area is 359 Å². The predicted octanol–water partition coefficient (Wildman–Crippen LogP) is 2.79. The third kappa shape index (κ3) is 13.7. The van der Waals surface area contributed by atoms with Crippen LogP contribution in [0.4, 0.5) is 0 Å². The van der Waals surface area contributed by atoms with E-state index < -0.39 is 104 Å². The molecule has 0 bridgehead atoms. The van der Waals surface area contributed by atoms with Gasteiger partial charge in [0.1, 0.15) is 35.3 Å². The van der Waals surface area contributed by atoms with Gasteiger partial charge in [0.25, 0.3) is 27.7 Å². The fraction of sp³-hybridized carbons (Fsp3) is 0.564. The van der Waals surface area contributed by atoms with E-state index in [0.717, 1.165) is 31.4 Å². The normalized spacial score (nSPS) is 15.8. The molecular formula is C39H54Cl2N8O10S. The fourth-order valence-corrected chi connectivity index (χ4v) is 8.70. The quantitative estimate of drug-likeness (QED) is 0.105. The monoisotopic (exact) mass is 896 g/mol. The molecule has 6 amide bonds. The van der Waals surface area contributed by atoms with Gasteiger partial charge in [-0.25, -0.2) is 17.7 Å². The molecule has 2 aromatic rings. The minimum atomic E-state index is -5.27. The number of halogens is 2. The summed E-state index contributed by atoms with van der Waals surface area (Å²) in [5.41, 5.74) is 5.61. The Balaban J connectivity index is 2.07. The average molecular weight is 898 g/mol. The Kier molecular flexibility index (Phi) is 18.8. The largest absolute Gasteiger partial charge is 0.505 e. The number of nitrogens with two attached hydrogens (primary N) is 1. The molecule has 1 aliphatic rings. The van der Waals surface area contributed by atoms with Crippen molar-refractivity contribution in [3.8, 4) is 5.75 Å². The number of nitrogens with one attached hydrogen (secondary N) is 4. The smallest absolute Gasteiger partial charge is 0.295 e. The van der Waals surface area contributed by atoms with Gasteiger partial charge in [0.2, 0.25) is 23.5 Å². The first-order chi connectivity index (χ1) is 28.2. The molecule has 1 aliphatic carbocycles. The summed E-state index contributed by atoms with van der Waals surface area (Å²) in [6.07, 6.45) is 8.13. The van der Waals surface area contributed by atoms with Crippen molar-refractivity contribution in [1.29, 1.82) is 0 Å². The Morgan fingerprint density at radius 1 is 0.917 bits per heavy atom. The highest BCUT2D eigenvalue weighted by Crippen LogP contribution is 2.36. The summed E-state index contributed by atoms with van der Waals surface area (Å²) >= 11 is 12.2. The molecule has 1 aromatic carbocycles. The molecule has 1 heterocycles. The molecule has 21 heteroatoms. The van der Waals surface area contributed by atoms with Gasteiger partial charge in [-0.2, -0.15) is 0 Å². The van der Waals surface area contributed by atoms with Gasteiger partial charge in [-0.1, -0.05) is 96.3 Å². The maximum absolute atomic E-state index is 14.7. The van der Waals surface area contributed by atoms with Gasteiger partial charge in [-0.05, 0) is 49.1 Å². The third-order valence-corrected chi connectivity index (χ3v) is 12.4. The standard InChI is InChI=1S/C39H54Cl2N8O10S/c1-6-22(5)32(48-35(53)27(15-21(3)4)45-36(54)29-19-43-13-14-44-29)37(55)46-28(16-23-11-9-8-10-12-23)39(57)49(20-31(50)47-38(56)34(52)26(42)7-2)60(58,59)30-18-24(40)17-25(41)33(30)51/h13-14,17-19,21-23,26-28,32,51H,6-12,15-16,20,42H2,1-5H3,(H,45,54)(H,46,55)(H,48,53)(H,47,50,56)/t22-,26?,27-,28-,32-/m0/s1. The van der Waals surface area contributed by atoms with E-state index in [1.165, 1.54) is 25.5 Å². The number of ketones is 1. The lowest BCUT2D eigenvalue weighted by Gasteiger charge is -2.33. The topological polar surface area (TPSA) is 277 Å². The molecule has 5 atom stereocenters. The molecular weight excluding hydrogens is 843 g/mol. The molecule has 0 saturated heterocycles. The lowest BCUT2D eigenvalue weighted by Crippen LogP contribution is -2.60. The number of amides is 6. The number of phenols is 1. The van der Waals surface area contributed by atoms with Crippen molar-refractivity contribution in [3.05, 3.63) is 46.5 Å².